The van der Waals surface area contributed by atoms with Crippen LogP contribution in [0.1, 0.15) is 30.4 Å². The van der Waals surface area contributed by atoms with Gasteiger partial charge in [0.1, 0.15) is 0 Å². The molecule has 0 saturated carbocycles. The van der Waals surface area contributed by atoms with Gasteiger partial charge in [-0.05, 0) is 31.0 Å². The molecule has 0 atom stereocenters. The van der Waals surface area contributed by atoms with Crippen LogP contribution >= 0.6 is 0 Å². The fourth-order valence-corrected chi connectivity index (χ4v) is 2.12. The van der Waals surface area contributed by atoms with Crippen LogP contribution in [0.15, 0.2) is 24.3 Å². The average molecular weight is 242 g/mol. The van der Waals surface area contributed by atoms with E-state index in [-0.39, 0.29) is 0 Å². The minimum Gasteiger partial charge on any atom is -0.295 e. The van der Waals surface area contributed by atoms with Crippen molar-refractivity contribution in [2.75, 3.05) is 6.54 Å². The van der Waals surface area contributed by atoms with Crippen LogP contribution in [0.25, 0.3) is 0 Å². The maximum absolute atomic E-state index is 12.8. The van der Waals surface area contributed by atoms with Crippen molar-refractivity contribution in [2.45, 2.75) is 32.0 Å². The van der Waals surface area contributed by atoms with Gasteiger partial charge in [0.2, 0.25) is 0 Å². The minimum atomic E-state index is -4.26. The van der Waals surface area contributed by atoms with Gasteiger partial charge in [0.25, 0.3) is 0 Å². The number of benzene rings is 1. The summed E-state index contributed by atoms with van der Waals surface area (Å²) >= 11 is 0. The van der Waals surface area contributed by atoms with Gasteiger partial charge in [-0.1, -0.05) is 24.6 Å². The molecule has 1 fully saturated rings. The quantitative estimate of drug-likeness (QED) is 0.761. The van der Waals surface area contributed by atoms with Crippen LogP contribution in [-0.2, 0) is 12.7 Å². The Labute approximate surface area is 99.2 Å². The average Bonchev–Trinajstić information content (AvgIpc) is 2.30. The number of piperidine rings is 1. The molecule has 17 heavy (non-hydrogen) atoms. The fraction of sp³-hybridized carbons (Fsp3) is 0.462. The van der Waals surface area contributed by atoms with Gasteiger partial charge in [0.15, 0.2) is 0 Å². The summed E-state index contributed by atoms with van der Waals surface area (Å²) in [5.74, 6) is 0. The number of likely N-dealkylation sites (tertiary alicyclic amines) is 1. The van der Waals surface area contributed by atoms with E-state index in [1.165, 1.54) is 6.07 Å². The fourth-order valence-electron chi connectivity index (χ4n) is 2.12. The molecule has 0 aliphatic carbocycles. The van der Waals surface area contributed by atoms with Crippen molar-refractivity contribution in [3.05, 3.63) is 41.9 Å². The van der Waals surface area contributed by atoms with E-state index in [4.69, 9.17) is 0 Å². The molecule has 1 radical (unpaired) electrons. The Morgan fingerprint density at radius 3 is 2.53 bits per heavy atom. The first-order valence-electron chi connectivity index (χ1n) is 5.80. The van der Waals surface area contributed by atoms with E-state index in [1.54, 1.807) is 12.1 Å². The summed E-state index contributed by atoms with van der Waals surface area (Å²) in [6.07, 6.45) is -1.09. The predicted molar refractivity (Wildman–Crippen MR) is 60.0 cm³/mol. The second kappa shape index (κ2) is 5.08. The van der Waals surface area contributed by atoms with Gasteiger partial charge >= 0.3 is 6.18 Å². The Bertz CT molecular complexity index is 367. The van der Waals surface area contributed by atoms with E-state index in [0.717, 1.165) is 31.9 Å². The summed E-state index contributed by atoms with van der Waals surface area (Å²) in [5.41, 5.74) is -0.155. The van der Waals surface area contributed by atoms with Gasteiger partial charge in [-0.15, -0.1) is 0 Å². The van der Waals surface area contributed by atoms with Crippen LogP contribution in [0.3, 0.4) is 0 Å². The molecule has 4 heteroatoms. The topological polar surface area (TPSA) is 3.24 Å². The van der Waals surface area contributed by atoms with Crippen molar-refractivity contribution in [1.29, 1.82) is 0 Å². The zero-order valence-electron chi connectivity index (χ0n) is 9.50. The molecule has 0 N–H and O–H groups in total. The molecule has 1 heterocycles. The van der Waals surface area contributed by atoms with Gasteiger partial charge in [-0.3, -0.25) is 4.90 Å². The van der Waals surface area contributed by atoms with Crippen molar-refractivity contribution in [1.82, 2.24) is 4.90 Å². The molecule has 1 nitrogen and oxygen atoms in total. The normalized spacial score (nSPS) is 18.3. The summed E-state index contributed by atoms with van der Waals surface area (Å²) in [6, 6.07) is 5.81. The number of rotatable bonds is 2. The van der Waals surface area contributed by atoms with Crippen molar-refractivity contribution in [3.8, 4) is 0 Å². The second-order valence-corrected chi connectivity index (χ2v) is 4.30. The number of hydrogen-bond donors (Lipinski definition) is 0. The van der Waals surface area contributed by atoms with Crippen molar-refractivity contribution >= 4 is 0 Å². The molecule has 2 rings (SSSR count). The molecule has 0 aromatic heterocycles. The second-order valence-electron chi connectivity index (χ2n) is 4.30. The van der Waals surface area contributed by atoms with E-state index < -0.39 is 11.7 Å². The van der Waals surface area contributed by atoms with Gasteiger partial charge in [0, 0.05) is 13.1 Å². The van der Waals surface area contributed by atoms with Crippen LogP contribution in [0, 0.1) is 6.54 Å². The Morgan fingerprint density at radius 2 is 1.88 bits per heavy atom. The standard InChI is InChI=1S/C13H15F3N/c14-13(15,16)12-7-3-2-6-11(12)10-17-8-4-1-5-9-17/h2-3,6-8H,1,4-5,9-10H2. The van der Waals surface area contributed by atoms with Crippen molar-refractivity contribution < 1.29 is 13.2 Å². The number of hydrogen-bond acceptors (Lipinski definition) is 1. The third-order valence-corrected chi connectivity index (χ3v) is 2.98. The molecule has 1 aliphatic heterocycles. The lowest BCUT2D eigenvalue weighted by atomic mass is 10.0. The highest BCUT2D eigenvalue weighted by Crippen LogP contribution is 2.32. The number of alkyl halides is 3. The zero-order valence-corrected chi connectivity index (χ0v) is 9.50. The van der Waals surface area contributed by atoms with Crippen molar-refractivity contribution in [3.63, 3.8) is 0 Å². The van der Waals surface area contributed by atoms with Crippen LogP contribution in [0.4, 0.5) is 13.2 Å². The van der Waals surface area contributed by atoms with Gasteiger partial charge < -0.3 is 0 Å². The van der Waals surface area contributed by atoms with Gasteiger partial charge in [-0.2, -0.15) is 13.2 Å². The molecule has 1 aromatic carbocycles. The smallest absolute Gasteiger partial charge is 0.295 e. The van der Waals surface area contributed by atoms with E-state index in [1.807, 2.05) is 11.4 Å². The molecule has 0 spiro atoms. The largest absolute Gasteiger partial charge is 0.416 e. The molecular formula is C13H15F3N. The monoisotopic (exact) mass is 242 g/mol. The Balaban J connectivity index is 2.14. The highest BCUT2D eigenvalue weighted by atomic mass is 19.4. The maximum atomic E-state index is 12.8. The summed E-state index contributed by atoms with van der Waals surface area (Å²) in [5, 5.41) is 0. The third kappa shape index (κ3) is 3.22. The predicted octanol–water partition coefficient (Wildman–Crippen LogP) is 3.85. The van der Waals surface area contributed by atoms with E-state index >= 15 is 0 Å². The lowest BCUT2D eigenvalue weighted by Crippen LogP contribution is -2.26. The Hall–Kier alpha value is -1.03. The van der Waals surface area contributed by atoms with E-state index in [0.29, 0.717) is 12.1 Å². The summed E-state index contributed by atoms with van der Waals surface area (Å²) in [6.45, 7) is 3.22. The summed E-state index contributed by atoms with van der Waals surface area (Å²) in [7, 11) is 0. The third-order valence-electron chi connectivity index (χ3n) is 2.98. The molecule has 1 saturated heterocycles. The molecule has 0 amide bonds. The molecule has 0 bridgehead atoms. The maximum Gasteiger partial charge on any atom is 0.416 e. The first kappa shape index (κ1) is 12.4. The lowest BCUT2D eigenvalue weighted by Gasteiger charge is -2.27. The lowest BCUT2D eigenvalue weighted by molar-refractivity contribution is -0.138. The first-order valence-corrected chi connectivity index (χ1v) is 5.80. The SMILES string of the molecule is FC(F)(F)c1ccccc1CN1[CH]CCCC1. The highest BCUT2D eigenvalue weighted by Gasteiger charge is 2.33. The summed E-state index contributed by atoms with van der Waals surface area (Å²) in [4.78, 5) is 1.98. The van der Waals surface area contributed by atoms with Crippen molar-refractivity contribution in [2.24, 2.45) is 0 Å². The zero-order chi connectivity index (χ0) is 12.3. The Morgan fingerprint density at radius 1 is 1.12 bits per heavy atom. The van der Waals surface area contributed by atoms with Crippen LogP contribution < -0.4 is 0 Å². The van der Waals surface area contributed by atoms with Crippen LogP contribution in [-0.4, -0.2) is 11.4 Å². The molecular weight excluding hydrogens is 227 g/mol. The van der Waals surface area contributed by atoms with Gasteiger partial charge in [0.05, 0.1) is 5.56 Å². The molecule has 1 aromatic rings. The van der Waals surface area contributed by atoms with Gasteiger partial charge in [-0.25, -0.2) is 0 Å². The van der Waals surface area contributed by atoms with Crippen LogP contribution in [0.5, 0.6) is 0 Å². The summed E-state index contributed by atoms with van der Waals surface area (Å²) < 4.78 is 38.3. The number of halogens is 3. The molecule has 1 aliphatic rings. The molecule has 0 unspecified atom stereocenters. The number of nitrogens with zero attached hydrogens (tertiary/aromatic N) is 1. The Kier molecular flexibility index (Phi) is 3.72. The van der Waals surface area contributed by atoms with Crippen LogP contribution in [0.2, 0.25) is 0 Å². The van der Waals surface area contributed by atoms with E-state index in [2.05, 4.69) is 0 Å². The highest BCUT2D eigenvalue weighted by molar-refractivity contribution is 5.29. The van der Waals surface area contributed by atoms with E-state index in [9.17, 15) is 13.2 Å². The minimum absolute atomic E-state index is 0.357. The first-order chi connectivity index (χ1) is 8.07. The molecule has 93 valence electrons.